The highest BCUT2D eigenvalue weighted by Gasteiger charge is 2.34. The first-order valence-electron chi connectivity index (χ1n) is 9.75. The van der Waals surface area contributed by atoms with E-state index in [1.807, 2.05) is 61.5 Å². The third-order valence-electron chi connectivity index (χ3n) is 5.18. The molecule has 148 valence electrons. The molecule has 0 unspecified atom stereocenters. The van der Waals surface area contributed by atoms with Crippen molar-refractivity contribution in [2.75, 3.05) is 10.7 Å². The molecular weight excluding hydrogens is 382 g/mol. The van der Waals surface area contributed by atoms with E-state index >= 15 is 0 Å². The maximum absolute atomic E-state index is 12.9. The van der Waals surface area contributed by atoms with Gasteiger partial charge in [-0.3, -0.25) is 9.59 Å². The molecule has 1 aliphatic heterocycles. The van der Waals surface area contributed by atoms with Crippen molar-refractivity contribution in [1.29, 1.82) is 0 Å². The molecule has 0 aliphatic carbocycles. The average molecular weight is 406 g/mol. The van der Waals surface area contributed by atoms with Crippen LogP contribution in [0.2, 0.25) is 0 Å². The Hall–Kier alpha value is -2.79. The molecule has 29 heavy (non-hydrogen) atoms. The van der Waals surface area contributed by atoms with Crippen LogP contribution in [-0.2, 0) is 20.7 Å². The molecular formula is C24H23NO3S. The first-order valence-corrected chi connectivity index (χ1v) is 10.7. The van der Waals surface area contributed by atoms with Gasteiger partial charge in [0.2, 0.25) is 0 Å². The monoisotopic (exact) mass is 405 g/mol. The maximum Gasteiger partial charge on any atom is 0.317 e. The zero-order chi connectivity index (χ0) is 20.4. The van der Waals surface area contributed by atoms with Gasteiger partial charge in [-0.2, -0.15) is 0 Å². The van der Waals surface area contributed by atoms with Gasteiger partial charge >= 0.3 is 5.97 Å². The Labute approximate surface area is 174 Å². The number of hydrogen-bond acceptors (Lipinski definition) is 4. The highest BCUT2D eigenvalue weighted by molar-refractivity contribution is 8.00. The van der Waals surface area contributed by atoms with Crippen molar-refractivity contribution in [2.45, 2.75) is 37.3 Å². The van der Waals surface area contributed by atoms with Crippen LogP contribution in [0.15, 0.2) is 71.6 Å². The molecule has 4 nitrogen and oxygen atoms in total. The summed E-state index contributed by atoms with van der Waals surface area (Å²) < 4.78 is 5.45. The summed E-state index contributed by atoms with van der Waals surface area (Å²) in [5, 5.41) is 2.30. The molecule has 0 spiro atoms. The van der Waals surface area contributed by atoms with E-state index in [9.17, 15) is 9.59 Å². The molecule has 1 aliphatic rings. The molecule has 0 radical (unpaired) electrons. The molecule has 0 saturated carbocycles. The number of hydrogen-bond donors (Lipinski definition) is 0. The first kappa shape index (κ1) is 19.5. The summed E-state index contributed by atoms with van der Waals surface area (Å²) in [5.74, 6) is -0.391. The molecule has 0 N–H and O–H groups in total. The number of thioether (sulfide) groups is 1. The quantitative estimate of drug-likeness (QED) is 0.450. The Morgan fingerprint density at radius 1 is 1.07 bits per heavy atom. The van der Waals surface area contributed by atoms with E-state index in [1.165, 1.54) is 17.1 Å². The molecule has 0 saturated heterocycles. The number of rotatable bonds is 5. The van der Waals surface area contributed by atoms with Crippen LogP contribution in [0.3, 0.4) is 0 Å². The van der Waals surface area contributed by atoms with Crippen LogP contribution in [0.5, 0.6) is 0 Å². The fraction of sp³-hybridized carbons (Fsp3) is 0.250. The smallest absolute Gasteiger partial charge is 0.317 e. The topological polar surface area (TPSA) is 46.6 Å². The number of benzene rings is 3. The molecule has 4 rings (SSSR count). The lowest BCUT2D eigenvalue weighted by Crippen LogP contribution is -2.43. The van der Waals surface area contributed by atoms with Gasteiger partial charge in [0.15, 0.2) is 6.10 Å². The van der Waals surface area contributed by atoms with Gasteiger partial charge in [-0.05, 0) is 54.8 Å². The number of ether oxygens (including phenoxy) is 1. The van der Waals surface area contributed by atoms with Gasteiger partial charge in [-0.25, -0.2) is 0 Å². The van der Waals surface area contributed by atoms with Crippen LogP contribution in [0, 0.1) is 0 Å². The molecule has 5 heteroatoms. The number of amides is 1. The van der Waals surface area contributed by atoms with Gasteiger partial charge in [0.1, 0.15) is 0 Å². The largest absolute Gasteiger partial charge is 0.452 e. The molecule has 3 aromatic rings. The second-order valence-electron chi connectivity index (χ2n) is 7.32. The Kier molecular flexibility index (Phi) is 5.58. The Morgan fingerprint density at radius 2 is 1.79 bits per heavy atom. The minimum absolute atomic E-state index is 0.0630. The number of fused-ring (bicyclic) bond motifs is 2. The summed E-state index contributed by atoms with van der Waals surface area (Å²) in [7, 11) is 0. The number of anilines is 1. The zero-order valence-corrected chi connectivity index (χ0v) is 17.3. The minimum Gasteiger partial charge on any atom is -0.452 e. The van der Waals surface area contributed by atoms with E-state index in [0.717, 1.165) is 28.0 Å². The Bertz CT molecular complexity index is 1060. The van der Waals surface area contributed by atoms with E-state index < -0.39 is 6.10 Å². The molecule has 1 heterocycles. The van der Waals surface area contributed by atoms with Crippen molar-refractivity contribution in [1.82, 2.24) is 0 Å². The second kappa shape index (κ2) is 8.29. The third-order valence-corrected chi connectivity index (χ3v) is 6.15. The summed E-state index contributed by atoms with van der Waals surface area (Å²) in [6.45, 7) is 3.66. The van der Waals surface area contributed by atoms with Gasteiger partial charge in [0, 0.05) is 16.6 Å². The van der Waals surface area contributed by atoms with Crippen molar-refractivity contribution in [2.24, 2.45) is 0 Å². The molecule has 0 fully saturated rings. The van der Waals surface area contributed by atoms with Crippen LogP contribution >= 0.6 is 11.8 Å². The number of esters is 1. The highest BCUT2D eigenvalue weighted by Crippen LogP contribution is 2.32. The predicted octanol–water partition coefficient (Wildman–Crippen LogP) is 4.84. The molecule has 0 aromatic heterocycles. The standard InChI is InChI=1S/C24H23NO3S/c1-16-13-20-9-5-6-10-22(20)25(16)24(27)17(2)28-23(26)15-29-21-12-11-18-7-3-4-8-19(18)14-21/h3-12,14,16-17H,13,15H2,1-2H3/t16-,17-/m0/s1. The van der Waals surface area contributed by atoms with Crippen molar-refractivity contribution in [3.8, 4) is 0 Å². The molecule has 2 atom stereocenters. The van der Waals surface area contributed by atoms with Gasteiger partial charge in [-0.15, -0.1) is 11.8 Å². The second-order valence-corrected chi connectivity index (χ2v) is 8.37. The summed E-state index contributed by atoms with van der Waals surface area (Å²) in [5.41, 5.74) is 2.07. The molecule has 3 aromatic carbocycles. The van der Waals surface area contributed by atoms with Crippen molar-refractivity contribution in [3.05, 3.63) is 72.3 Å². The minimum atomic E-state index is -0.812. The Balaban J connectivity index is 1.36. The number of nitrogens with zero attached hydrogens (tertiary/aromatic N) is 1. The van der Waals surface area contributed by atoms with Crippen molar-refractivity contribution in [3.63, 3.8) is 0 Å². The van der Waals surface area contributed by atoms with Gasteiger partial charge in [0.05, 0.1) is 5.75 Å². The SMILES string of the molecule is C[C@H](OC(=O)CSc1ccc2ccccc2c1)C(=O)N1c2ccccc2C[C@@H]1C. The van der Waals surface area contributed by atoms with E-state index in [4.69, 9.17) is 4.74 Å². The normalized spacial score (nSPS) is 16.5. The zero-order valence-electron chi connectivity index (χ0n) is 16.5. The van der Waals surface area contributed by atoms with Gasteiger partial charge in [-0.1, -0.05) is 48.5 Å². The lowest BCUT2D eigenvalue weighted by molar-refractivity contribution is -0.151. The van der Waals surface area contributed by atoms with Crippen LogP contribution in [0.1, 0.15) is 19.4 Å². The van der Waals surface area contributed by atoms with Crippen LogP contribution in [0.4, 0.5) is 5.69 Å². The van der Waals surface area contributed by atoms with Crippen molar-refractivity contribution < 1.29 is 14.3 Å². The predicted molar refractivity (Wildman–Crippen MR) is 117 cm³/mol. The summed E-state index contributed by atoms with van der Waals surface area (Å²) in [6, 6.07) is 22.2. The average Bonchev–Trinajstić information content (AvgIpc) is 3.07. The maximum atomic E-state index is 12.9. The highest BCUT2D eigenvalue weighted by atomic mass is 32.2. The van der Waals surface area contributed by atoms with Crippen LogP contribution in [0.25, 0.3) is 10.8 Å². The van der Waals surface area contributed by atoms with Gasteiger partial charge < -0.3 is 9.64 Å². The lowest BCUT2D eigenvalue weighted by atomic mass is 10.1. The van der Waals surface area contributed by atoms with E-state index in [2.05, 4.69) is 12.1 Å². The Morgan fingerprint density at radius 3 is 2.62 bits per heavy atom. The summed E-state index contributed by atoms with van der Waals surface area (Å²) >= 11 is 1.42. The third kappa shape index (κ3) is 4.15. The lowest BCUT2D eigenvalue weighted by Gasteiger charge is -2.25. The molecule has 1 amide bonds. The fourth-order valence-corrected chi connectivity index (χ4v) is 4.51. The summed E-state index contributed by atoms with van der Waals surface area (Å²) in [4.78, 5) is 28.0. The number of carbonyl (C=O) groups excluding carboxylic acids is 2. The van der Waals surface area contributed by atoms with E-state index in [0.29, 0.717) is 0 Å². The molecule has 0 bridgehead atoms. The first-order chi connectivity index (χ1) is 14.0. The summed E-state index contributed by atoms with van der Waals surface area (Å²) in [6.07, 6.45) is 0.00809. The number of carbonyl (C=O) groups is 2. The van der Waals surface area contributed by atoms with Gasteiger partial charge in [0.25, 0.3) is 5.91 Å². The van der Waals surface area contributed by atoms with Crippen LogP contribution < -0.4 is 4.90 Å². The van der Waals surface area contributed by atoms with E-state index in [-0.39, 0.29) is 23.7 Å². The number of para-hydroxylation sites is 1. The fourth-order valence-electron chi connectivity index (χ4n) is 3.78. The van der Waals surface area contributed by atoms with Crippen LogP contribution in [-0.4, -0.2) is 29.8 Å². The van der Waals surface area contributed by atoms with Crippen molar-refractivity contribution >= 4 is 40.1 Å². The van der Waals surface area contributed by atoms with E-state index in [1.54, 1.807) is 11.8 Å².